The Balaban J connectivity index is 1.50. The van der Waals surface area contributed by atoms with Gasteiger partial charge in [-0.2, -0.15) is 0 Å². The number of benzene rings is 1. The topological polar surface area (TPSA) is 91.6 Å². The molecule has 7 nitrogen and oxygen atoms in total. The van der Waals surface area contributed by atoms with Crippen molar-refractivity contribution in [3.05, 3.63) is 80.6 Å². The molecule has 3 amide bonds. The third-order valence-corrected chi connectivity index (χ3v) is 7.76. The van der Waals surface area contributed by atoms with Crippen molar-refractivity contribution < 1.29 is 19.5 Å². The summed E-state index contributed by atoms with van der Waals surface area (Å²) >= 11 is 1.55. The van der Waals surface area contributed by atoms with Crippen molar-refractivity contribution in [2.75, 3.05) is 0 Å². The van der Waals surface area contributed by atoms with Crippen LogP contribution in [0.3, 0.4) is 0 Å². The molecule has 0 bridgehead atoms. The quantitative estimate of drug-likeness (QED) is 0.409. The summed E-state index contributed by atoms with van der Waals surface area (Å²) in [6, 6.07) is 10.8. The number of carboxylic acid groups (broad SMARTS) is 1. The Morgan fingerprint density at radius 1 is 1.15 bits per heavy atom. The van der Waals surface area contributed by atoms with Gasteiger partial charge in [0.1, 0.15) is 10.7 Å². The van der Waals surface area contributed by atoms with E-state index in [1.807, 2.05) is 54.8 Å². The number of fused-ring (bicyclic) bond motifs is 1. The molecule has 0 atom stereocenters. The number of hydrogen-bond donors (Lipinski definition) is 2. The summed E-state index contributed by atoms with van der Waals surface area (Å²) in [5, 5.41) is 13.4. The second kappa shape index (κ2) is 8.61. The van der Waals surface area contributed by atoms with Crippen molar-refractivity contribution in [1.29, 1.82) is 0 Å². The number of aromatic nitrogens is 1. The predicted octanol–water partition coefficient (Wildman–Crippen LogP) is 4.83. The molecular formula is C26H25N3O4S. The molecule has 1 fully saturated rings. The normalized spacial score (nSPS) is 16.8. The van der Waals surface area contributed by atoms with Crippen molar-refractivity contribution in [3.63, 3.8) is 0 Å². The first-order valence-electron chi connectivity index (χ1n) is 11.3. The highest BCUT2D eigenvalue weighted by atomic mass is 32.1. The molecule has 2 aliphatic rings. The lowest BCUT2D eigenvalue weighted by Crippen LogP contribution is -2.30. The fourth-order valence-electron chi connectivity index (χ4n) is 4.81. The van der Waals surface area contributed by atoms with Crippen LogP contribution >= 0.6 is 11.3 Å². The molecule has 1 aliphatic carbocycles. The molecule has 8 heteroatoms. The number of aromatic carboxylic acids is 1. The lowest BCUT2D eigenvalue weighted by molar-refractivity contribution is -0.123. The second-order valence-electron chi connectivity index (χ2n) is 8.72. The summed E-state index contributed by atoms with van der Waals surface area (Å²) in [4.78, 5) is 40.0. The van der Waals surface area contributed by atoms with Crippen LogP contribution < -0.4 is 5.32 Å². The zero-order valence-electron chi connectivity index (χ0n) is 19.1. The summed E-state index contributed by atoms with van der Waals surface area (Å²) in [6.45, 7) is 4.04. The summed E-state index contributed by atoms with van der Waals surface area (Å²) in [5.41, 5.74) is 4.91. The summed E-state index contributed by atoms with van der Waals surface area (Å²) in [5.74, 6) is -1.28. The summed E-state index contributed by atoms with van der Waals surface area (Å²) in [6.07, 6.45) is 5.47. The number of aryl methyl sites for hydroxylation is 2. The van der Waals surface area contributed by atoms with Gasteiger partial charge in [0, 0.05) is 16.3 Å². The van der Waals surface area contributed by atoms with Gasteiger partial charge in [0.05, 0.1) is 12.1 Å². The molecule has 0 saturated carbocycles. The first kappa shape index (κ1) is 22.2. The Morgan fingerprint density at radius 2 is 1.88 bits per heavy atom. The lowest BCUT2D eigenvalue weighted by atomic mass is 9.95. The van der Waals surface area contributed by atoms with Crippen LogP contribution in [0.15, 0.2) is 42.1 Å². The third kappa shape index (κ3) is 3.74. The number of nitrogens with one attached hydrogen (secondary N) is 1. The van der Waals surface area contributed by atoms with E-state index >= 15 is 0 Å². The molecule has 0 unspecified atom stereocenters. The fourth-order valence-corrected chi connectivity index (χ4v) is 6.30. The Bertz CT molecular complexity index is 1350. The molecule has 5 rings (SSSR count). The molecule has 1 saturated heterocycles. The van der Waals surface area contributed by atoms with E-state index < -0.39 is 12.0 Å². The van der Waals surface area contributed by atoms with Gasteiger partial charge in [0.2, 0.25) is 0 Å². The maximum atomic E-state index is 13.0. The Hall–Kier alpha value is -3.65. The first-order valence-corrected chi connectivity index (χ1v) is 12.1. The highest BCUT2D eigenvalue weighted by Crippen LogP contribution is 2.39. The van der Waals surface area contributed by atoms with Crippen LogP contribution in [-0.2, 0) is 24.2 Å². The number of carbonyl (C=O) groups is 3. The number of carbonyl (C=O) groups excluding carboxylic acids is 2. The molecule has 34 heavy (non-hydrogen) atoms. The number of urea groups is 1. The van der Waals surface area contributed by atoms with Crippen LogP contribution in [-0.4, -0.2) is 32.5 Å². The zero-order valence-corrected chi connectivity index (χ0v) is 19.9. The molecule has 1 aliphatic heterocycles. The maximum absolute atomic E-state index is 13.0. The summed E-state index contributed by atoms with van der Waals surface area (Å²) < 4.78 is 1.96. The Morgan fingerprint density at radius 3 is 2.62 bits per heavy atom. The molecule has 0 radical (unpaired) electrons. The van der Waals surface area contributed by atoms with Crippen LogP contribution in [0.1, 0.15) is 56.2 Å². The van der Waals surface area contributed by atoms with E-state index in [2.05, 4.69) is 5.32 Å². The number of carboxylic acids is 1. The van der Waals surface area contributed by atoms with E-state index in [0.717, 1.165) is 58.6 Å². The number of imide groups is 1. The van der Waals surface area contributed by atoms with E-state index in [9.17, 15) is 19.5 Å². The average molecular weight is 476 g/mol. The predicted molar refractivity (Wildman–Crippen MR) is 130 cm³/mol. The number of nitrogens with zero attached hydrogens (tertiary/aromatic N) is 2. The van der Waals surface area contributed by atoms with Gasteiger partial charge in [-0.25, -0.2) is 9.59 Å². The second-order valence-corrected chi connectivity index (χ2v) is 9.81. The monoisotopic (exact) mass is 475 g/mol. The van der Waals surface area contributed by atoms with E-state index in [-0.39, 0.29) is 18.1 Å². The van der Waals surface area contributed by atoms with Crippen molar-refractivity contribution >= 4 is 35.3 Å². The zero-order chi connectivity index (χ0) is 24.0. The van der Waals surface area contributed by atoms with E-state index in [1.165, 1.54) is 4.90 Å². The molecule has 2 N–H and O–H groups in total. The van der Waals surface area contributed by atoms with Gasteiger partial charge >= 0.3 is 12.0 Å². The van der Waals surface area contributed by atoms with Crippen LogP contribution in [0, 0.1) is 13.8 Å². The van der Waals surface area contributed by atoms with E-state index in [1.54, 1.807) is 17.4 Å². The molecule has 3 aromatic rings. The third-order valence-electron chi connectivity index (χ3n) is 6.49. The maximum Gasteiger partial charge on any atom is 0.339 e. The lowest BCUT2D eigenvalue weighted by Gasteiger charge is -2.11. The minimum atomic E-state index is -0.906. The standard InChI is InChI=1S/C26H25N3O4S/c1-15-12-18(13-20-23(30)28(26(33)27-20)14-17-8-4-3-5-9-17)16(2)29(15)24-22(25(31)32)19-10-6-7-11-21(19)34-24/h3-5,8-9,12-13H,6-7,10-11,14H2,1-2H3,(H,27,33)(H,31,32)/b20-13-. The highest BCUT2D eigenvalue weighted by Gasteiger charge is 2.34. The molecule has 1 aromatic carbocycles. The van der Waals surface area contributed by atoms with Gasteiger partial charge in [-0.3, -0.25) is 9.69 Å². The van der Waals surface area contributed by atoms with Gasteiger partial charge in [-0.05, 0) is 68.4 Å². The van der Waals surface area contributed by atoms with Crippen LogP contribution in [0.25, 0.3) is 11.1 Å². The minimum Gasteiger partial charge on any atom is -0.478 e. The van der Waals surface area contributed by atoms with Crippen LogP contribution in [0.2, 0.25) is 0 Å². The van der Waals surface area contributed by atoms with Crippen molar-refractivity contribution in [2.24, 2.45) is 0 Å². The van der Waals surface area contributed by atoms with Crippen molar-refractivity contribution in [3.8, 4) is 5.00 Å². The van der Waals surface area contributed by atoms with Gasteiger partial charge in [0.15, 0.2) is 0 Å². The molecule has 0 spiro atoms. The van der Waals surface area contributed by atoms with Gasteiger partial charge in [-0.1, -0.05) is 30.3 Å². The van der Waals surface area contributed by atoms with Gasteiger partial charge < -0.3 is 15.0 Å². The van der Waals surface area contributed by atoms with Gasteiger partial charge in [0.25, 0.3) is 5.91 Å². The van der Waals surface area contributed by atoms with Gasteiger partial charge in [-0.15, -0.1) is 11.3 Å². The fraction of sp³-hybridized carbons (Fsp3) is 0.269. The number of hydrogen-bond acceptors (Lipinski definition) is 4. The molecule has 174 valence electrons. The number of thiophene rings is 1. The van der Waals surface area contributed by atoms with Crippen molar-refractivity contribution in [1.82, 2.24) is 14.8 Å². The Kier molecular flexibility index (Phi) is 5.61. The smallest absolute Gasteiger partial charge is 0.339 e. The van der Waals surface area contributed by atoms with E-state index in [0.29, 0.717) is 10.6 Å². The largest absolute Gasteiger partial charge is 0.478 e. The Labute approximate surface area is 201 Å². The SMILES string of the molecule is Cc1cc(/C=C2\NC(=O)N(Cc3ccccc3)C2=O)c(C)n1-c1sc2c(c1C(=O)O)CCCC2. The average Bonchev–Trinajstić information content (AvgIpc) is 3.41. The molecular weight excluding hydrogens is 450 g/mol. The number of amides is 3. The minimum absolute atomic E-state index is 0.199. The highest BCUT2D eigenvalue weighted by molar-refractivity contribution is 7.15. The van der Waals surface area contributed by atoms with Crippen LogP contribution in [0.5, 0.6) is 0 Å². The molecule has 3 heterocycles. The van der Waals surface area contributed by atoms with E-state index in [4.69, 9.17) is 0 Å². The van der Waals surface area contributed by atoms with Crippen LogP contribution in [0.4, 0.5) is 4.79 Å². The molecule has 2 aromatic heterocycles. The summed E-state index contributed by atoms with van der Waals surface area (Å²) in [7, 11) is 0. The number of rotatable bonds is 5. The first-order chi connectivity index (χ1) is 16.3. The van der Waals surface area contributed by atoms with Crippen molar-refractivity contribution in [2.45, 2.75) is 46.1 Å².